The summed E-state index contributed by atoms with van der Waals surface area (Å²) >= 11 is 0.764. The van der Waals surface area contributed by atoms with Crippen LogP contribution < -0.4 is 4.74 Å². The van der Waals surface area contributed by atoms with Crippen LogP contribution in [0, 0.1) is 10.3 Å². The first-order valence-electron chi connectivity index (χ1n) is 4.75. The number of hydrogen-bond acceptors (Lipinski definition) is 10. The van der Waals surface area contributed by atoms with Crippen molar-refractivity contribution in [1.29, 1.82) is 5.41 Å². The van der Waals surface area contributed by atoms with Gasteiger partial charge in [-0.2, -0.15) is 9.36 Å². The number of nitroso groups, excluding NO2 is 1. The first-order valence-corrected chi connectivity index (χ1v) is 5.52. The van der Waals surface area contributed by atoms with E-state index in [9.17, 15) is 9.70 Å². The third-order valence-electron chi connectivity index (χ3n) is 1.65. The fraction of sp³-hybridized carbons (Fsp3) is 0.500. The average molecular weight is 274 g/mol. The molecule has 0 spiro atoms. The summed E-state index contributed by atoms with van der Waals surface area (Å²) in [4.78, 5) is 25.4. The third-order valence-corrected chi connectivity index (χ3v) is 2.26. The molecule has 1 aromatic heterocycles. The molecular formula is C8H10N4O5S. The van der Waals surface area contributed by atoms with Crippen molar-refractivity contribution >= 4 is 23.6 Å². The lowest BCUT2D eigenvalue weighted by Gasteiger charge is -2.02. The molecule has 0 bridgehead atoms. The number of carbonyl (C=O) groups excluding carboxylic acids is 1. The van der Waals surface area contributed by atoms with Crippen molar-refractivity contribution < 1.29 is 19.0 Å². The minimum Gasteiger partial charge on any atom is -0.467 e. The second-order valence-corrected chi connectivity index (χ2v) is 3.49. The second-order valence-electron chi connectivity index (χ2n) is 2.77. The monoisotopic (exact) mass is 274 g/mol. The Bertz CT molecular complexity index is 448. The van der Waals surface area contributed by atoms with Crippen LogP contribution in [0.1, 0.15) is 18.8 Å². The minimum absolute atomic E-state index is 0.0268. The molecule has 0 radical (unpaired) electrons. The van der Waals surface area contributed by atoms with Crippen molar-refractivity contribution in [1.82, 2.24) is 9.36 Å². The van der Waals surface area contributed by atoms with Crippen LogP contribution in [0.15, 0.2) is 5.18 Å². The van der Waals surface area contributed by atoms with Gasteiger partial charge in [0.1, 0.15) is 0 Å². The summed E-state index contributed by atoms with van der Waals surface area (Å²) in [5.41, 5.74) is 0. The molecule has 1 atom stereocenters. The van der Waals surface area contributed by atoms with Gasteiger partial charge in [-0.05, 0) is 12.1 Å². The van der Waals surface area contributed by atoms with Gasteiger partial charge in [0.05, 0.1) is 13.7 Å². The zero-order chi connectivity index (χ0) is 13.5. The van der Waals surface area contributed by atoms with Crippen LogP contribution in [-0.2, 0) is 14.3 Å². The number of nitrogens with zero attached hydrogens (tertiary/aromatic N) is 3. The standard InChI is InChI=1S/C8H10N4O5S/c1-3-16-7(9)17-8-10-5(12-18-8)4(11-14)6(13)15-2/h4,9H,3H2,1-2H3. The number of aromatic nitrogens is 2. The summed E-state index contributed by atoms with van der Waals surface area (Å²) in [6.07, 6.45) is -0.450. The lowest BCUT2D eigenvalue weighted by atomic mass is 10.3. The zero-order valence-electron chi connectivity index (χ0n) is 9.58. The molecule has 1 aromatic rings. The number of methoxy groups -OCH3 is 1. The van der Waals surface area contributed by atoms with Crippen LogP contribution in [0.3, 0.4) is 0 Å². The number of ether oxygens (including phenoxy) is 3. The molecule has 0 saturated heterocycles. The Morgan fingerprint density at radius 3 is 2.89 bits per heavy atom. The smallest absolute Gasteiger partial charge is 0.388 e. The summed E-state index contributed by atoms with van der Waals surface area (Å²) in [5, 5.41) is 9.77. The van der Waals surface area contributed by atoms with E-state index in [1.807, 2.05) is 0 Å². The topological polar surface area (TPSA) is 124 Å². The fourth-order valence-electron chi connectivity index (χ4n) is 0.920. The Balaban J connectivity index is 2.75. The normalized spacial score (nSPS) is 11.4. The number of esters is 1. The van der Waals surface area contributed by atoms with Crippen LogP contribution in [0.4, 0.5) is 0 Å². The minimum atomic E-state index is -1.44. The van der Waals surface area contributed by atoms with Crippen LogP contribution in [0.5, 0.6) is 5.19 Å². The highest BCUT2D eigenvalue weighted by molar-refractivity contribution is 7.07. The highest BCUT2D eigenvalue weighted by atomic mass is 32.1. The SMILES string of the molecule is CCOC(=N)Oc1nc(C(N=O)C(=O)OC)ns1. The first kappa shape index (κ1) is 14.0. The van der Waals surface area contributed by atoms with Crippen LogP contribution in [0.25, 0.3) is 0 Å². The Morgan fingerprint density at radius 1 is 1.61 bits per heavy atom. The molecule has 0 aromatic carbocycles. The third kappa shape index (κ3) is 3.45. The molecule has 0 saturated carbocycles. The number of hydrogen-bond donors (Lipinski definition) is 1. The van der Waals surface area contributed by atoms with Gasteiger partial charge in [0.2, 0.25) is 6.04 Å². The maximum absolute atomic E-state index is 11.2. The second kappa shape index (κ2) is 6.59. The molecule has 0 aliphatic heterocycles. The van der Waals surface area contributed by atoms with Crippen molar-refractivity contribution in [3.05, 3.63) is 10.7 Å². The molecule has 10 heteroatoms. The average Bonchev–Trinajstić information content (AvgIpc) is 2.78. The summed E-state index contributed by atoms with van der Waals surface area (Å²) < 4.78 is 17.7. The largest absolute Gasteiger partial charge is 0.467 e. The van der Waals surface area contributed by atoms with E-state index >= 15 is 0 Å². The molecule has 0 aliphatic rings. The molecule has 1 N–H and O–H groups in total. The zero-order valence-corrected chi connectivity index (χ0v) is 10.4. The maximum Gasteiger partial charge on any atom is 0.388 e. The summed E-state index contributed by atoms with van der Waals surface area (Å²) in [6.45, 7) is 1.96. The van der Waals surface area contributed by atoms with E-state index in [4.69, 9.17) is 14.9 Å². The molecule has 18 heavy (non-hydrogen) atoms. The molecule has 0 aliphatic carbocycles. The molecule has 0 amide bonds. The van der Waals surface area contributed by atoms with E-state index in [0.29, 0.717) is 0 Å². The van der Waals surface area contributed by atoms with Gasteiger partial charge in [-0.3, -0.25) is 0 Å². The van der Waals surface area contributed by atoms with Crippen molar-refractivity contribution in [3.63, 3.8) is 0 Å². The summed E-state index contributed by atoms with van der Waals surface area (Å²) in [7, 11) is 1.12. The fourth-order valence-corrected chi connectivity index (χ4v) is 1.48. The van der Waals surface area contributed by atoms with E-state index in [2.05, 4.69) is 19.3 Å². The molecule has 0 fully saturated rings. The van der Waals surface area contributed by atoms with Gasteiger partial charge in [-0.25, -0.2) is 10.2 Å². The molecular weight excluding hydrogens is 264 g/mol. The van der Waals surface area contributed by atoms with Crippen molar-refractivity contribution in [2.45, 2.75) is 13.0 Å². The van der Waals surface area contributed by atoms with E-state index in [0.717, 1.165) is 18.6 Å². The van der Waals surface area contributed by atoms with E-state index in [1.165, 1.54) is 0 Å². The van der Waals surface area contributed by atoms with Crippen LogP contribution in [0.2, 0.25) is 0 Å². The lowest BCUT2D eigenvalue weighted by molar-refractivity contribution is -0.142. The Kier molecular flexibility index (Phi) is 5.11. The van der Waals surface area contributed by atoms with E-state index in [-0.39, 0.29) is 17.6 Å². The quantitative estimate of drug-likeness (QED) is 0.365. The van der Waals surface area contributed by atoms with Crippen LogP contribution >= 0.6 is 11.5 Å². The summed E-state index contributed by atoms with van der Waals surface area (Å²) in [5.74, 6) is -1.00. The Hall–Kier alpha value is -2.10. The predicted octanol–water partition coefficient (Wildman–Crippen LogP) is 0.869. The molecule has 1 rings (SSSR count). The molecule has 9 nitrogen and oxygen atoms in total. The molecule has 98 valence electrons. The van der Waals surface area contributed by atoms with Gasteiger partial charge >= 0.3 is 17.2 Å². The molecule has 1 heterocycles. The number of nitrogens with one attached hydrogen (secondary N) is 1. The van der Waals surface area contributed by atoms with Gasteiger partial charge in [-0.15, -0.1) is 4.91 Å². The van der Waals surface area contributed by atoms with Gasteiger partial charge in [0.15, 0.2) is 5.82 Å². The van der Waals surface area contributed by atoms with Gasteiger partial charge in [0.25, 0.3) is 0 Å². The highest BCUT2D eigenvalue weighted by Crippen LogP contribution is 2.22. The molecule has 1 unspecified atom stereocenters. The Morgan fingerprint density at radius 2 is 2.33 bits per heavy atom. The van der Waals surface area contributed by atoms with Crippen molar-refractivity contribution in [2.24, 2.45) is 5.18 Å². The van der Waals surface area contributed by atoms with Gasteiger partial charge in [-0.1, -0.05) is 0 Å². The van der Waals surface area contributed by atoms with E-state index in [1.54, 1.807) is 6.92 Å². The highest BCUT2D eigenvalue weighted by Gasteiger charge is 2.27. The van der Waals surface area contributed by atoms with Crippen molar-refractivity contribution in [2.75, 3.05) is 13.7 Å². The summed E-state index contributed by atoms with van der Waals surface area (Å²) in [6, 6.07) is -1.44. The maximum atomic E-state index is 11.2. The first-order chi connectivity index (χ1) is 8.62. The predicted molar refractivity (Wildman–Crippen MR) is 60.4 cm³/mol. The lowest BCUT2D eigenvalue weighted by Crippen LogP contribution is -2.14. The van der Waals surface area contributed by atoms with Gasteiger partial charge < -0.3 is 14.2 Å². The van der Waals surface area contributed by atoms with Gasteiger partial charge in [0, 0.05) is 11.5 Å². The van der Waals surface area contributed by atoms with Crippen LogP contribution in [-0.4, -0.2) is 35.1 Å². The Labute approximate surface area is 106 Å². The van der Waals surface area contributed by atoms with Crippen molar-refractivity contribution in [3.8, 4) is 5.19 Å². The van der Waals surface area contributed by atoms with E-state index < -0.39 is 18.1 Å². The number of rotatable bonds is 5. The number of carbonyl (C=O) groups is 1.